The van der Waals surface area contributed by atoms with Gasteiger partial charge in [0.1, 0.15) is 12.1 Å². The molecule has 2 aromatic rings. The summed E-state index contributed by atoms with van der Waals surface area (Å²) in [7, 11) is 0. The van der Waals surface area contributed by atoms with Crippen LogP contribution >= 0.6 is 24.8 Å². The minimum Gasteiger partial charge on any atom is -0.351 e. The number of piperidine rings is 1. The zero-order valence-electron chi connectivity index (χ0n) is 13.6. The van der Waals surface area contributed by atoms with Gasteiger partial charge in [-0.25, -0.2) is 9.97 Å². The highest BCUT2D eigenvalue weighted by Crippen LogP contribution is 2.26. The molecule has 0 saturated carbocycles. The first-order valence-corrected chi connectivity index (χ1v) is 7.60. The third-order valence-electron chi connectivity index (χ3n) is 4.26. The summed E-state index contributed by atoms with van der Waals surface area (Å²) in [5, 5.41) is 6.41. The van der Waals surface area contributed by atoms with E-state index in [4.69, 9.17) is 0 Å². The summed E-state index contributed by atoms with van der Waals surface area (Å²) in [6.07, 6.45) is 8.98. The van der Waals surface area contributed by atoms with Gasteiger partial charge >= 0.3 is 0 Å². The van der Waals surface area contributed by atoms with Gasteiger partial charge in [-0.1, -0.05) is 6.92 Å². The van der Waals surface area contributed by atoms with Gasteiger partial charge < -0.3 is 10.6 Å². The lowest BCUT2D eigenvalue weighted by Crippen LogP contribution is -2.42. The number of hydrogen-bond acceptors (Lipinski definition) is 4. The summed E-state index contributed by atoms with van der Waals surface area (Å²) in [6.45, 7) is 4.98. The van der Waals surface area contributed by atoms with Crippen LogP contribution in [0.1, 0.15) is 30.1 Å². The van der Waals surface area contributed by atoms with Crippen LogP contribution in [0.4, 0.5) is 0 Å². The molecule has 2 N–H and O–H groups in total. The monoisotopic (exact) mass is 371 g/mol. The van der Waals surface area contributed by atoms with Gasteiger partial charge in [0, 0.05) is 30.7 Å². The molecule has 0 aromatic carbocycles. The molecule has 0 atom stereocenters. The van der Waals surface area contributed by atoms with Gasteiger partial charge in [0.15, 0.2) is 0 Å². The Hall–Kier alpha value is -1.63. The number of nitrogens with zero attached hydrogens (tertiary/aromatic N) is 3. The van der Waals surface area contributed by atoms with Crippen LogP contribution in [-0.2, 0) is 0 Å². The Kier molecular flexibility index (Phi) is 7.66. The molecule has 0 aliphatic carbocycles. The van der Waals surface area contributed by atoms with Crippen LogP contribution in [0.2, 0.25) is 0 Å². The Morgan fingerprint density at radius 2 is 2.08 bits per heavy atom. The number of aromatic nitrogens is 3. The third-order valence-corrected chi connectivity index (χ3v) is 4.26. The molecule has 1 saturated heterocycles. The predicted molar refractivity (Wildman–Crippen MR) is 98.4 cm³/mol. The van der Waals surface area contributed by atoms with Crippen LogP contribution in [0.15, 0.2) is 37.1 Å². The number of nitrogens with one attached hydrogen (secondary N) is 2. The molecule has 0 spiro atoms. The van der Waals surface area contributed by atoms with Crippen molar-refractivity contribution in [3.05, 3.63) is 42.6 Å². The van der Waals surface area contributed by atoms with E-state index in [9.17, 15) is 4.79 Å². The first-order valence-electron chi connectivity index (χ1n) is 7.60. The molecule has 1 aliphatic rings. The fourth-order valence-electron chi connectivity index (χ4n) is 2.70. The smallest absolute Gasteiger partial charge is 0.251 e. The Morgan fingerprint density at radius 1 is 1.33 bits per heavy atom. The van der Waals surface area contributed by atoms with E-state index in [1.165, 1.54) is 0 Å². The second-order valence-electron chi connectivity index (χ2n) is 6.12. The minimum absolute atomic E-state index is 0. The zero-order valence-corrected chi connectivity index (χ0v) is 15.2. The second kappa shape index (κ2) is 9.01. The molecule has 6 nitrogen and oxygen atoms in total. The second-order valence-corrected chi connectivity index (χ2v) is 6.12. The van der Waals surface area contributed by atoms with Crippen LogP contribution in [0.3, 0.4) is 0 Å². The highest BCUT2D eigenvalue weighted by atomic mass is 35.5. The maximum atomic E-state index is 12.4. The maximum absolute atomic E-state index is 12.4. The van der Waals surface area contributed by atoms with E-state index in [0.29, 0.717) is 17.9 Å². The number of carbonyl (C=O) groups is 1. The van der Waals surface area contributed by atoms with Gasteiger partial charge in [-0.2, -0.15) is 0 Å². The standard InChI is InChI=1S/C16H21N5O.2ClH/c1-16(3-6-17-7-4-16)11-20-15(22)13-2-5-19-14(10-13)21-9-8-18-12-21;;/h2,5,8-10,12,17H,3-4,6-7,11H2,1H3,(H,20,22);2*1H. The van der Waals surface area contributed by atoms with Gasteiger partial charge in [-0.3, -0.25) is 9.36 Å². The fourth-order valence-corrected chi connectivity index (χ4v) is 2.70. The van der Waals surface area contributed by atoms with Crippen molar-refractivity contribution < 1.29 is 4.79 Å². The van der Waals surface area contributed by atoms with Crippen molar-refractivity contribution in [1.82, 2.24) is 25.2 Å². The molecule has 3 rings (SSSR count). The van der Waals surface area contributed by atoms with E-state index >= 15 is 0 Å². The Morgan fingerprint density at radius 3 is 2.75 bits per heavy atom. The van der Waals surface area contributed by atoms with Crippen molar-refractivity contribution in [2.75, 3.05) is 19.6 Å². The van der Waals surface area contributed by atoms with Crippen molar-refractivity contribution >= 4 is 30.7 Å². The lowest BCUT2D eigenvalue weighted by Gasteiger charge is -2.34. The maximum Gasteiger partial charge on any atom is 0.251 e. The van der Waals surface area contributed by atoms with E-state index < -0.39 is 0 Å². The molecule has 0 radical (unpaired) electrons. The number of amides is 1. The van der Waals surface area contributed by atoms with Gasteiger partial charge in [-0.05, 0) is 43.5 Å². The van der Waals surface area contributed by atoms with E-state index in [2.05, 4.69) is 27.5 Å². The normalized spacial score (nSPS) is 15.7. The Bertz CT molecular complexity index is 642. The van der Waals surface area contributed by atoms with Crippen molar-refractivity contribution in [3.8, 4) is 5.82 Å². The molecule has 0 bridgehead atoms. The molecular weight excluding hydrogens is 349 g/mol. The Labute approximate surface area is 154 Å². The summed E-state index contributed by atoms with van der Waals surface area (Å²) < 4.78 is 1.78. The summed E-state index contributed by atoms with van der Waals surface area (Å²) >= 11 is 0. The van der Waals surface area contributed by atoms with Crippen LogP contribution in [0, 0.1) is 5.41 Å². The quantitative estimate of drug-likeness (QED) is 0.864. The van der Waals surface area contributed by atoms with Crippen LogP contribution in [-0.4, -0.2) is 40.1 Å². The van der Waals surface area contributed by atoms with Crippen molar-refractivity contribution in [1.29, 1.82) is 0 Å². The molecule has 132 valence electrons. The molecule has 24 heavy (non-hydrogen) atoms. The molecular formula is C16H23Cl2N5O. The number of imidazole rings is 1. The van der Waals surface area contributed by atoms with E-state index in [0.717, 1.165) is 25.9 Å². The number of hydrogen-bond donors (Lipinski definition) is 2. The molecule has 2 aromatic heterocycles. The third kappa shape index (κ3) is 4.93. The zero-order chi connectivity index (χ0) is 15.4. The molecule has 0 unspecified atom stereocenters. The SMILES string of the molecule is CC1(CNC(=O)c2ccnc(-n3ccnc3)c2)CCNCC1.Cl.Cl. The van der Waals surface area contributed by atoms with Gasteiger partial charge in [0.05, 0.1) is 0 Å². The molecule has 8 heteroatoms. The van der Waals surface area contributed by atoms with E-state index in [-0.39, 0.29) is 36.1 Å². The van der Waals surface area contributed by atoms with Crippen molar-refractivity contribution in [3.63, 3.8) is 0 Å². The summed E-state index contributed by atoms with van der Waals surface area (Å²) in [5.41, 5.74) is 0.803. The molecule has 1 aliphatic heterocycles. The van der Waals surface area contributed by atoms with Crippen molar-refractivity contribution in [2.45, 2.75) is 19.8 Å². The summed E-state index contributed by atoms with van der Waals surface area (Å²) in [6, 6.07) is 3.52. The fraction of sp³-hybridized carbons (Fsp3) is 0.438. The lowest BCUT2D eigenvalue weighted by molar-refractivity contribution is 0.0922. The number of rotatable bonds is 4. The Balaban J connectivity index is 0.00000144. The van der Waals surface area contributed by atoms with Crippen molar-refractivity contribution in [2.24, 2.45) is 5.41 Å². The van der Waals surface area contributed by atoms with Crippen LogP contribution in [0.5, 0.6) is 0 Å². The van der Waals surface area contributed by atoms with Gasteiger partial charge in [0.2, 0.25) is 0 Å². The largest absolute Gasteiger partial charge is 0.351 e. The van der Waals surface area contributed by atoms with Crippen LogP contribution in [0.25, 0.3) is 5.82 Å². The molecule has 1 amide bonds. The average Bonchev–Trinajstić information content (AvgIpc) is 3.08. The van der Waals surface area contributed by atoms with Gasteiger partial charge in [-0.15, -0.1) is 24.8 Å². The molecule has 1 fully saturated rings. The number of halogens is 2. The number of carbonyl (C=O) groups excluding carboxylic acids is 1. The summed E-state index contributed by atoms with van der Waals surface area (Å²) in [5.74, 6) is 0.641. The summed E-state index contributed by atoms with van der Waals surface area (Å²) in [4.78, 5) is 20.6. The van der Waals surface area contributed by atoms with Crippen LogP contribution < -0.4 is 10.6 Å². The van der Waals surface area contributed by atoms with E-state index in [1.807, 2.05) is 0 Å². The highest BCUT2D eigenvalue weighted by molar-refractivity contribution is 5.94. The van der Waals surface area contributed by atoms with E-state index in [1.54, 1.807) is 41.6 Å². The first kappa shape index (κ1) is 20.4. The average molecular weight is 372 g/mol. The predicted octanol–water partition coefficient (Wildman–Crippen LogP) is 2.23. The van der Waals surface area contributed by atoms with Gasteiger partial charge in [0.25, 0.3) is 5.91 Å². The molecule has 3 heterocycles. The topological polar surface area (TPSA) is 71.8 Å². The first-order chi connectivity index (χ1) is 10.7. The minimum atomic E-state index is -0.0523. The lowest BCUT2D eigenvalue weighted by atomic mass is 9.81. The number of pyridine rings is 1. The highest BCUT2D eigenvalue weighted by Gasteiger charge is 2.27.